The Morgan fingerprint density at radius 3 is 3.05 bits per heavy atom. The normalized spacial score (nSPS) is 36.6. The van der Waals surface area contributed by atoms with Gasteiger partial charge in [-0.05, 0) is 0 Å². The summed E-state index contributed by atoms with van der Waals surface area (Å²) >= 11 is 0. The van der Waals surface area contributed by atoms with Crippen molar-refractivity contribution >= 4 is 18.3 Å². The van der Waals surface area contributed by atoms with Crippen LogP contribution in [0.5, 0.6) is 0 Å². The molecule has 0 aromatic heterocycles. The van der Waals surface area contributed by atoms with Gasteiger partial charge < -0.3 is 20.8 Å². The zero-order valence-corrected chi connectivity index (χ0v) is 11.3. The third kappa shape index (κ3) is 1.79. The summed E-state index contributed by atoms with van der Waals surface area (Å²) in [6, 6.07) is -0.317. The fourth-order valence-electron chi connectivity index (χ4n) is 3.66. The van der Waals surface area contributed by atoms with Crippen LogP contribution in [0.4, 0.5) is 0 Å². The van der Waals surface area contributed by atoms with Gasteiger partial charge in [0.2, 0.25) is 11.4 Å². The Balaban J connectivity index is 1.99. The molecule has 116 valence electrons. The molecule has 0 amide bonds. The molecule has 0 aromatic rings. The van der Waals surface area contributed by atoms with Crippen molar-refractivity contribution in [3.8, 4) is 0 Å². The SMILES string of the molecule is NC1=N[C@@]23[C@@H](C1)[C@H](CNOC=O)NC(N)=[N+]2CCC3(O)O. The number of rotatable bonds is 4. The van der Waals surface area contributed by atoms with E-state index >= 15 is 0 Å². The second kappa shape index (κ2) is 4.55. The molecule has 0 saturated carbocycles. The van der Waals surface area contributed by atoms with Gasteiger partial charge in [-0.25, -0.2) is 9.57 Å². The van der Waals surface area contributed by atoms with E-state index in [2.05, 4.69) is 20.6 Å². The molecule has 3 atom stereocenters. The average Bonchev–Trinajstić information content (AvgIpc) is 2.89. The van der Waals surface area contributed by atoms with Gasteiger partial charge in [-0.1, -0.05) is 0 Å². The molecule has 10 nitrogen and oxygen atoms in total. The fraction of sp³-hybridized carbons (Fsp3) is 0.727. The molecule has 10 heteroatoms. The Morgan fingerprint density at radius 1 is 1.57 bits per heavy atom. The summed E-state index contributed by atoms with van der Waals surface area (Å²) in [5, 5.41) is 23.9. The highest BCUT2D eigenvalue weighted by atomic mass is 16.7. The van der Waals surface area contributed by atoms with Crippen molar-refractivity contribution in [1.29, 1.82) is 0 Å². The molecule has 3 rings (SSSR count). The Kier molecular flexibility index (Phi) is 3.04. The standard InChI is InChI=1S/C11H18N6O4/c12-8-3-6-7(4-14-21-5-18)15-9(13)17-2-1-10(19,20)11(6,17)16-8/h5-7,14,19-20H,1-4H2,(H4,12,13,15,16)/p+1/t6-,7-,11-/m0/s1. The molecule has 3 aliphatic rings. The molecule has 0 aliphatic carbocycles. The first-order valence-electron chi connectivity index (χ1n) is 6.70. The fourth-order valence-corrected chi connectivity index (χ4v) is 3.66. The molecule has 1 spiro atoms. The maximum Gasteiger partial charge on any atom is 0.345 e. The van der Waals surface area contributed by atoms with E-state index in [0.717, 1.165) is 0 Å². The topological polar surface area (TPSA) is 158 Å². The van der Waals surface area contributed by atoms with Crippen LogP contribution >= 0.6 is 0 Å². The smallest absolute Gasteiger partial charge is 0.345 e. The van der Waals surface area contributed by atoms with Crippen LogP contribution in [0.3, 0.4) is 0 Å². The first kappa shape index (κ1) is 14.0. The van der Waals surface area contributed by atoms with E-state index in [-0.39, 0.29) is 31.4 Å². The predicted octanol–water partition coefficient (Wildman–Crippen LogP) is -3.88. The number of nitrogens with two attached hydrogens (primary N) is 2. The molecular weight excluding hydrogens is 280 g/mol. The lowest BCUT2D eigenvalue weighted by molar-refractivity contribution is -0.624. The first-order valence-corrected chi connectivity index (χ1v) is 6.70. The van der Waals surface area contributed by atoms with E-state index in [0.29, 0.717) is 24.8 Å². The molecule has 0 bridgehead atoms. The summed E-state index contributed by atoms with van der Waals surface area (Å²) in [4.78, 5) is 19.0. The predicted molar refractivity (Wildman–Crippen MR) is 70.6 cm³/mol. The van der Waals surface area contributed by atoms with Gasteiger partial charge in [-0.2, -0.15) is 0 Å². The molecule has 1 fully saturated rings. The number of amidine groups is 1. The van der Waals surface area contributed by atoms with Gasteiger partial charge in [0.15, 0.2) is 0 Å². The highest BCUT2D eigenvalue weighted by Gasteiger charge is 2.70. The van der Waals surface area contributed by atoms with E-state index < -0.39 is 11.4 Å². The maximum absolute atomic E-state index is 10.4. The molecule has 0 radical (unpaired) electrons. The van der Waals surface area contributed by atoms with Gasteiger partial charge in [-0.3, -0.25) is 15.8 Å². The minimum Gasteiger partial charge on any atom is -0.387 e. The highest BCUT2D eigenvalue weighted by molar-refractivity contribution is 5.84. The zero-order valence-electron chi connectivity index (χ0n) is 11.3. The lowest BCUT2D eigenvalue weighted by Gasteiger charge is -2.42. The molecule has 0 aromatic carbocycles. The number of aliphatic imine (C=N–C) groups is 1. The van der Waals surface area contributed by atoms with E-state index in [4.69, 9.17) is 11.5 Å². The number of carbonyl (C=O) groups excluding carboxylic acids is 1. The Hall–Kier alpha value is -1.91. The van der Waals surface area contributed by atoms with Gasteiger partial charge in [0.25, 0.3) is 0 Å². The van der Waals surface area contributed by atoms with Gasteiger partial charge >= 0.3 is 12.4 Å². The van der Waals surface area contributed by atoms with Crippen LogP contribution in [0, 0.1) is 5.92 Å². The van der Waals surface area contributed by atoms with Gasteiger partial charge in [0.1, 0.15) is 0 Å². The summed E-state index contributed by atoms with van der Waals surface area (Å²) in [7, 11) is 0. The maximum atomic E-state index is 10.4. The number of aliphatic hydroxyl groups is 2. The molecule has 3 heterocycles. The lowest BCUT2D eigenvalue weighted by Crippen LogP contribution is -2.70. The summed E-state index contributed by atoms with van der Waals surface area (Å²) in [5.74, 6) is -1.69. The second-order valence-corrected chi connectivity index (χ2v) is 5.56. The van der Waals surface area contributed by atoms with Crippen LogP contribution < -0.4 is 22.3 Å². The van der Waals surface area contributed by atoms with Crippen LogP contribution in [-0.4, -0.2) is 63.6 Å². The molecule has 0 unspecified atom stereocenters. The Bertz CT molecular complexity index is 533. The number of nitrogens with one attached hydrogen (secondary N) is 2. The van der Waals surface area contributed by atoms with Crippen molar-refractivity contribution < 1.29 is 24.4 Å². The second-order valence-electron chi connectivity index (χ2n) is 5.56. The van der Waals surface area contributed by atoms with Crippen molar-refractivity contribution in [1.82, 2.24) is 10.8 Å². The minimum atomic E-state index is -2.02. The van der Waals surface area contributed by atoms with Crippen LogP contribution in [0.15, 0.2) is 4.99 Å². The Labute approximate surface area is 120 Å². The van der Waals surface area contributed by atoms with Crippen LogP contribution in [0.1, 0.15) is 12.8 Å². The van der Waals surface area contributed by atoms with Gasteiger partial charge in [-0.15, -0.1) is 5.48 Å². The molecule has 3 aliphatic heterocycles. The summed E-state index contributed by atoms with van der Waals surface area (Å²) in [6.07, 6.45) is 0.515. The lowest BCUT2D eigenvalue weighted by atomic mass is 9.80. The number of hydrogen-bond acceptors (Lipinski definition) is 9. The van der Waals surface area contributed by atoms with E-state index in [1.165, 1.54) is 0 Å². The minimum absolute atomic E-state index is 0.119. The number of carbonyl (C=O) groups is 1. The van der Waals surface area contributed by atoms with E-state index in [1.807, 2.05) is 0 Å². The van der Waals surface area contributed by atoms with Crippen molar-refractivity contribution in [3.05, 3.63) is 0 Å². The third-order valence-electron chi connectivity index (χ3n) is 4.49. The highest BCUT2D eigenvalue weighted by Crippen LogP contribution is 2.48. The average molecular weight is 299 g/mol. The van der Waals surface area contributed by atoms with E-state index in [9.17, 15) is 15.0 Å². The Morgan fingerprint density at radius 2 is 2.33 bits per heavy atom. The van der Waals surface area contributed by atoms with Crippen molar-refractivity contribution in [2.75, 3.05) is 13.1 Å². The first-order chi connectivity index (χ1) is 9.92. The van der Waals surface area contributed by atoms with Crippen LogP contribution in [-0.2, 0) is 9.63 Å². The number of nitrogens with zero attached hydrogens (tertiary/aromatic N) is 2. The molecule has 21 heavy (non-hydrogen) atoms. The van der Waals surface area contributed by atoms with Crippen LogP contribution in [0.2, 0.25) is 0 Å². The molecular formula is C11H19N6O4+. The quantitative estimate of drug-likeness (QED) is 0.101. The van der Waals surface area contributed by atoms with E-state index in [1.54, 1.807) is 4.58 Å². The third-order valence-corrected chi connectivity index (χ3v) is 4.49. The molecule has 1 saturated heterocycles. The summed E-state index contributed by atoms with van der Waals surface area (Å²) in [5.41, 5.74) is 13.0. The van der Waals surface area contributed by atoms with Crippen molar-refractivity contribution in [2.24, 2.45) is 22.4 Å². The van der Waals surface area contributed by atoms with Crippen molar-refractivity contribution in [3.63, 3.8) is 0 Å². The number of hydrogen-bond donors (Lipinski definition) is 6. The number of guanidine groups is 1. The summed E-state index contributed by atoms with van der Waals surface area (Å²) in [6.45, 7) is 0.873. The zero-order chi connectivity index (χ0) is 15.3. The van der Waals surface area contributed by atoms with Crippen molar-refractivity contribution in [2.45, 2.75) is 30.3 Å². The largest absolute Gasteiger partial charge is 0.387 e. The summed E-state index contributed by atoms with van der Waals surface area (Å²) < 4.78 is 1.65. The van der Waals surface area contributed by atoms with Crippen LogP contribution in [0.25, 0.3) is 0 Å². The monoisotopic (exact) mass is 299 g/mol. The molecule has 8 N–H and O–H groups in total. The van der Waals surface area contributed by atoms with Gasteiger partial charge in [0.05, 0.1) is 30.9 Å². The van der Waals surface area contributed by atoms with Gasteiger partial charge in [0, 0.05) is 12.8 Å². The number of hydroxylamine groups is 1.